The first-order chi connectivity index (χ1) is 5.99. The van der Waals surface area contributed by atoms with Crippen molar-refractivity contribution in [1.29, 1.82) is 0 Å². The zero-order valence-electron chi connectivity index (χ0n) is 8.72. The molecule has 1 fully saturated rings. The van der Waals surface area contributed by atoms with Crippen molar-refractivity contribution in [3.63, 3.8) is 0 Å². The standard InChI is InChI=1S/C11H18O2/c1-5-11(4,9-6-7-9)13-10(12)8(2)3/h9H,2,5-7H2,1,3-4H3. The van der Waals surface area contributed by atoms with Gasteiger partial charge in [0.05, 0.1) is 0 Å². The van der Waals surface area contributed by atoms with E-state index < -0.39 is 0 Å². The van der Waals surface area contributed by atoms with Gasteiger partial charge < -0.3 is 4.74 Å². The molecule has 0 spiro atoms. The molecule has 1 unspecified atom stereocenters. The summed E-state index contributed by atoms with van der Waals surface area (Å²) >= 11 is 0. The summed E-state index contributed by atoms with van der Waals surface area (Å²) in [4.78, 5) is 11.3. The summed E-state index contributed by atoms with van der Waals surface area (Å²) in [6, 6.07) is 0. The van der Waals surface area contributed by atoms with Crippen LogP contribution >= 0.6 is 0 Å². The number of hydrogen-bond acceptors (Lipinski definition) is 2. The van der Waals surface area contributed by atoms with E-state index >= 15 is 0 Å². The van der Waals surface area contributed by atoms with Crippen LogP contribution in [0.25, 0.3) is 0 Å². The third-order valence-electron chi connectivity index (χ3n) is 2.82. The number of esters is 1. The zero-order valence-corrected chi connectivity index (χ0v) is 8.72. The molecule has 0 aromatic carbocycles. The van der Waals surface area contributed by atoms with Crippen LogP contribution in [0.5, 0.6) is 0 Å². The smallest absolute Gasteiger partial charge is 0.333 e. The highest BCUT2D eigenvalue weighted by molar-refractivity contribution is 5.87. The minimum absolute atomic E-state index is 0.253. The van der Waals surface area contributed by atoms with Crippen LogP contribution in [-0.4, -0.2) is 11.6 Å². The molecule has 0 bridgehead atoms. The van der Waals surface area contributed by atoms with Crippen molar-refractivity contribution in [2.75, 3.05) is 0 Å². The van der Waals surface area contributed by atoms with Crippen LogP contribution in [0.15, 0.2) is 12.2 Å². The second-order valence-corrected chi connectivity index (χ2v) is 4.11. The van der Waals surface area contributed by atoms with Gasteiger partial charge in [0.2, 0.25) is 0 Å². The molecule has 0 saturated heterocycles. The highest BCUT2D eigenvalue weighted by Gasteiger charge is 2.43. The lowest BCUT2D eigenvalue weighted by molar-refractivity contribution is -0.155. The van der Waals surface area contributed by atoms with Gasteiger partial charge in [-0.2, -0.15) is 0 Å². The molecule has 1 aliphatic carbocycles. The molecule has 0 N–H and O–H groups in total. The summed E-state index contributed by atoms with van der Waals surface area (Å²) < 4.78 is 5.43. The van der Waals surface area contributed by atoms with E-state index in [2.05, 4.69) is 13.5 Å². The Kier molecular flexibility index (Phi) is 2.79. The summed E-state index contributed by atoms with van der Waals surface area (Å²) in [7, 11) is 0. The Morgan fingerprint density at radius 2 is 2.15 bits per heavy atom. The lowest BCUT2D eigenvalue weighted by atomic mass is 9.97. The minimum atomic E-state index is -0.254. The van der Waals surface area contributed by atoms with E-state index in [0.29, 0.717) is 11.5 Å². The van der Waals surface area contributed by atoms with Crippen molar-refractivity contribution < 1.29 is 9.53 Å². The second kappa shape index (κ2) is 3.52. The molecule has 0 aromatic heterocycles. The van der Waals surface area contributed by atoms with E-state index in [1.807, 2.05) is 6.92 Å². The van der Waals surface area contributed by atoms with Crippen molar-refractivity contribution in [1.82, 2.24) is 0 Å². The van der Waals surface area contributed by atoms with Crippen LogP contribution in [0.3, 0.4) is 0 Å². The number of carbonyl (C=O) groups excluding carboxylic acids is 1. The molecule has 0 amide bonds. The Hall–Kier alpha value is -0.790. The third-order valence-corrected chi connectivity index (χ3v) is 2.82. The van der Waals surface area contributed by atoms with Crippen molar-refractivity contribution >= 4 is 5.97 Å². The second-order valence-electron chi connectivity index (χ2n) is 4.11. The van der Waals surface area contributed by atoms with E-state index in [1.165, 1.54) is 12.8 Å². The Morgan fingerprint density at radius 1 is 1.62 bits per heavy atom. The topological polar surface area (TPSA) is 26.3 Å². The fourth-order valence-electron chi connectivity index (χ4n) is 1.44. The van der Waals surface area contributed by atoms with Crippen LogP contribution < -0.4 is 0 Å². The number of ether oxygens (including phenoxy) is 1. The number of rotatable bonds is 4. The van der Waals surface area contributed by atoms with Gasteiger partial charge in [0.1, 0.15) is 5.60 Å². The monoisotopic (exact) mass is 182 g/mol. The Morgan fingerprint density at radius 3 is 2.46 bits per heavy atom. The molecule has 0 aromatic rings. The summed E-state index contributed by atoms with van der Waals surface area (Å²) in [6.45, 7) is 9.34. The maximum Gasteiger partial charge on any atom is 0.333 e. The van der Waals surface area contributed by atoms with Gasteiger partial charge in [0, 0.05) is 5.57 Å². The Balaban J connectivity index is 2.57. The maximum absolute atomic E-state index is 11.3. The summed E-state index contributed by atoms with van der Waals surface area (Å²) in [5, 5.41) is 0. The first-order valence-electron chi connectivity index (χ1n) is 4.88. The molecule has 1 aliphatic rings. The van der Waals surface area contributed by atoms with Gasteiger partial charge in [0.15, 0.2) is 0 Å². The van der Waals surface area contributed by atoms with Crippen molar-refractivity contribution in [2.24, 2.45) is 5.92 Å². The molecule has 2 nitrogen and oxygen atoms in total. The molecule has 0 aliphatic heterocycles. The molecule has 1 rings (SSSR count). The van der Waals surface area contributed by atoms with Crippen molar-refractivity contribution in [2.45, 2.75) is 45.6 Å². The van der Waals surface area contributed by atoms with Crippen LogP contribution in [-0.2, 0) is 9.53 Å². The minimum Gasteiger partial charge on any atom is -0.456 e. The van der Waals surface area contributed by atoms with E-state index in [0.717, 1.165) is 6.42 Å². The molecule has 1 saturated carbocycles. The zero-order chi connectivity index (χ0) is 10.1. The van der Waals surface area contributed by atoms with Crippen LogP contribution in [0.1, 0.15) is 40.0 Å². The molecule has 2 heteroatoms. The highest BCUT2D eigenvalue weighted by Crippen LogP contribution is 2.43. The molecule has 0 heterocycles. The van der Waals surface area contributed by atoms with E-state index in [1.54, 1.807) is 6.92 Å². The molecule has 0 radical (unpaired) electrons. The first kappa shape index (κ1) is 10.3. The molecule has 1 atom stereocenters. The number of hydrogen-bond donors (Lipinski definition) is 0. The maximum atomic E-state index is 11.3. The Bertz CT molecular complexity index is 228. The largest absolute Gasteiger partial charge is 0.456 e. The van der Waals surface area contributed by atoms with E-state index in [4.69, 9.17) is 4.74 Å². The highest BCUT2D eigenvalue weighted by atomic mass is 16.6. The van der Waals surface area contributed by atoms with Crippen LogP contribution in [0.2, 0.25) is 0 Å². The summed E-state index contributed by atoms with van der Waals surface area (Å²) in [5.74, 6) is 0.317. The van der Waals surface area contributed by atoms with Gasteiger partial charge in [-0.25, -0.2) is 4.79 Å². The van der Waals surface area contributed by atoms with Gasteiger partial charge in [-0.1, -0.05) is 13.5 Å². The molecular formula is C11H18O2. The third kappa shape index (κ3) is 2.33. The average Bonchev–Trinajstić information content (AvgIpc) is 2.86. The van der Waals surface area contributed by atoms with Crippen LogP contribution in [0.4, 0.5) is 0 Å². The molecular weight excluding hydrogens is 164 g/mol. The summed E-state index contributed by atoms with van der Waals surface area (Å²) in [6.07, 6.45) is 3.26. The van der Waals surface area contributed by atoms with Crippen molar-refractivity contribution in [3.8, 4) is 0 Å². The van der Waals surface area contributed by atoms with E-state index in [-0.39, 0.29) is 11.6 Å². The lowest BCUT2D eigenvalue weighted by Gasteiger charge is -2.28. The van der Waals surface area contributed by atoms with Gasteiger partial charge >= 0.3 is 5.97 Å². The molecule has 74 valence electrons. The SMILES string of the molecule is C=C(C)C(=O)OC(C)(CC)C1CC1. The molecule has 13 heavy (non-hydrogen) atoms. The fourth-order valence-corrected chi connectivity index (χ4v) is 1.44. The van der Waals surface area contributed by atoms with Gasteiger partial charge in [-0.05, 0) is 39.0 Å². The van der Waals surface area contributed by atoms with Gasteiger partial charge in [0.25, 0.3) is 0 Å². The number of carbonyl (C=O) groups is 1. The van der Waals surface area contributed by atoms with E-state index in [9.17, 15) is 4.79 Å². The van der Waals surface area contributed by atoms with Gasteiger partial charge in [-0.15, -0.1) is 0 Å². The predicted molar refractivity (Wildman–Crippen MR) is 52.3 cm³/mol. The van der Waals surface area contributed by atoms with Gasteiger partial charge in [-0.3, -0.25) is 0 Å². The average molecular weight is 182 g/mol. The normalized spacial score (nSPS) is 20.5. The van der Waals surface area contributed by atoms with Crippen molar-refractivity contribution in [3.05, 3.63) is 12.2 Å². The Labute approximate surface area is 80.0 Å². The first-order valence-corrected chi connectivity index (χ1v) is 4.88. The predicted octanol–water partition coefficient (Wildman–Crippen LogP) is 2.68. The quantitative estimate of drug-likeness (QED) is 0.493. The fraction of sp³-hybridized carbons (Fsp3) is 0.727. The van der Waals surface area contributed by atoms with Crippen LogP contribution in [0, 0.1) is 5.92 Å². The summed E-state index contributed by atoms with van der Waals surface area (Å²) in [5.41, 5.74) is 0.232. The lowest BCUT2D eigenvalue weighted by Crippen LogP contribution is -2.33.